The van der Waals surface area contributed by atoms with Crippen molar-refractivity contribution in [3.8, 4) is 0 Å². The van der Waals surface area contributed by atoms with Gasteiger partial charge < -0.3 is 35.5 Å². The molecule has 260 valence electrons. The molecule has 2 amide bonds. The molecule has 0 aliphatic carbocycles. The molecule has 0 aromatic heterocycles. The zero-order valence-electron chi connectivity index (χ0n) is 27.3. The molecule has 13 nitrogen and oxygen atoms in total. The van der Waals surface area contributed by atoms with Crippen LogP contribution in [0.15, 0.2) is 59.5 Å². The summed E-state index contributed by atoms with van der Waals surface area (Å²) >= 11 is 0. The predicted molar refractivity (Wildman–Crippen MR) is 175 cm³/mol. The number of carbonyl (C=O) groups excluding carboxylic acids is 1. The lowest BCUT2D eigenvalue weighted by Crippen LogP contribution is -2.58. The molecule has 0 radical (unpaired) electrons. The van der Waals surface area contributed by atoms with Crippen LogP contribution in [0.5, 0.6) is 0 Å². The van der Waals surface area contributed by atoms with Crippen molar-refractivity contribution in [1.29, 1.82) is 0 Å². The predicted octanol–water partition coefficient (Wildman–Crippen LogP) is 3.53. The number of nitrogens with two attached hydrogens (primary N) is 1. The fourth-order valence-electron chi connectivity index (χ4n) is 6.43. The van der Waals surface area contributed by atoms with Crippen LogP contribution in [0.25, 0.3) is 0 Å². The van der Waals surface area contributed by atoms with Crippen molar-refractivity contribution < 1.29 is 42.4 Å². The average Bonchev–Trinajstić information content (AvgIpc) is 3.64. The Bertz CT molecular complexity index is 1440. The van der Waals surface area contributed by atoms with E-state index in [2.05, 4.69) is 5.32 Å². The van der Waals surface area contributed by atoms with Crippen LogP contribution in [0.3, 0.4) is 0 Å². The first kappa shape index (κ1) is 36.4. The molecule has 2 aromatic carbocycles. The Labute approximate surface area is 277 Å². The van der Waals surface area contributed by atoms with E-state index in [4.69, 9.17) is 19.9 Å². The minimum Gasteiger partial charge on any atom is -0.465 e. The molecule has 14 heteroatoms. The van der Waals surface area contributed by atoms with Gasteiger partial charge in [-0.3, -0.25) is 4.90 Å². The van der Waals surface area contributed by atoms with E-state index in [9.17, 15) is 28.2 Å². The van der Waals surface area contributed by atoms with E-state index < -0.39 is 52.1 Å². The molecule has 0 spiro atoms. The third-order valence-corrected chi connectivity index (χ3v) is 10.5. The minimum absolute atomic E-state index is 0.0107. The first-order valence-corrected chi connectivity index (χ1v) is 17.5. The van der Waals surface area contributed by atoms with E-state index in [0.717, 1.165) is 5.56 Å². The summed E-state index contributed by atoms with van der Waals surface area (Å²) in [4.78, 5) is 25.9. The Kier molecular flexibility index (Phi) is 12.5. The Hall–Kier alpha value is -3.43. The Morgan fingerprint density at radius 2 is 1.89 bits per heavy atom. The van der Waals surface area contributed by atoms with Gasteiger partial charge >= 0.3 is 12.2 Å². The third-order valence-electron chi connectivity index (χ3n) is 8.74. The molecule has 0 saturated carbocycles. The maximum atomic E-state index is 14.2. The normalized spacial score (nSPS) is 20.8. The van der Waals surface area contributed by atoms with Gasteiger partial charge in [0.25, 0.3) is 0 Å². The second-order valence-corrected chi connectivity index (χ2v) is 14.8. The molecule has 2 heterocycles. The number of nitrogen functional groups attached to an aromatic ring is 1. The largest absolute Gasteiger partial charge is 0.465 e. The number of hydrogen-bond donors (Lipinski definition) is 4. The molecule has 2 aromatic rings. The molecular weight excluding hydrogens is 628 g/mol. The van der Waals surface area contributed by atoms with Gasteiger partial charge in [0, 0.05) is 31.2 Å². The molecule has 2 aliphatic rings. The lowest BCUT2D eigenvalue weighted by Gasteiger charge is -2.40. The highest BCUT2D eigenvalue weighted by Gasteiger charge is 2.49. The number of nitrogens with zero attached hydrogens (tertiary/aromatic N) is 2. The number of alkyl carbamates (subject to hydrolysis) is 1. The lowest BCUT2D eigenvalue weighted by atomic mass is 9.87. The quantitative estimate of drug-likeness (QED) is 0.152. The Morgan fingerprint density at radius 1 is 1.15 bits per heavy atom. The molecule has 2 saturated heterocycles. The van der Waals surface area contributed by atoms with Crippen LogP contribution in [0.4, 0.5) is 15.3 Å². The summed E-state index contributed by atoms with van der Waals surface area (Å²) in [7, 11) is -4.20. The lowest BCUT2D eigenvalue weighted by molar-refractivity contribution is -0.0906. The van der Waals surface area contributed by atoms with E-state index in [0.29, 0.717) is 32.4 Å². The average molecular weight is 677 g/mol. The first-order chi connectivity index (χ1) is 22.3. The summed E-state index contributed by atoms with van der Waals surface area (Å²) in [6, 6.07) is 13.6. The monoisotopic (exact) mass is 676 g/mol. The number of benzene rings is 2. The van der Waals surface area contributed by atoms with Gasteiger partial charge in [0.15, 0.2) is 6.29 Å². The van der Waals surface area contributed by atoms with Crippen LogP contribution < -0.4 is 11.1 Å². The smallest absolute Gasteiger partial charge is 0.407 e. The maximum absolute atomic E-state index is 14.2. The number of carboxylic acid groups (broad SMARTS) is 1. The maximum Gasteiger partial charge on any atom is 0.407 e. The SMILES string of the molecule is CCOC(=O)NCCCC(C)(C)CN(C[C@@H](O)[C@H](Cc1ccccc1)N(C(=O)O)[C@H]1CO[C@H]2OCC[C@H]21)S(=O)(=O)c1cccc(N)c1. The van der Waals surface area contributed by atoms with Gasteiger partial charge in [0.05, 0.1) is 42.9 Å². The number of aliphatic hydroxyl groups is 1. The molecule has 2 aliphatic heterocycles. The highest BCUT2D eigenvalue weighted by atomic mass is 32.2. The van der Waals surface area contributed by atoms with Crippen molar-refractivity contribution >= 4 is 27.9 Å². The van der Waals surface area contributed by atoms with E-state index >= 15 is 0 Å². The van der Waals surface area contributed by atoms with Gasteiger partial charge in [-0.1, -0.05) is 50.2 Å². The second kappa shape index (κ2) is 16.1. The van der Waals surface area contributed by atoms with Gasteiger partial charge in [0.1, 0.15) is 0 Å². The number of fused-ring (bicyclic) bond motifs is 1. The van der Waals surface area contributed by atoms with E-state index in [1.807, 2.05) is 44.2 Å². The fourth-order valence-corrected chi connectivity index (χ4v) is 8.13. The number of amides is 2. The van der Waals surface area contributed by atoms with Gasteiger partial charge in [-0.2, -0.15) is 4.31 Å². The summed E-state index contributed by atoms with van der Waals surface area (Å²) in [5, 5.41) is 25.2. The number of rotatable bonds is 16. The minimum atomic E-state index is -4.20. The number of hydrogen-bond acceptors (Lipinski definition) is 9. The first-order valence-electron chi connectivity index (χ1n) is 16.0. The van der Waals surface area contributed by atoms with Crippen LogP contribution in [-0.2, 0) is 30.7 Å². The van der Waals surface area contributed by atoms with Crippen molar-refractivity contribution in [1.82, 2.24) is 14.5 Å². The van der Waals surface area contributed by atoms with Crippen LogP contribution in [0.1, 0.15) is 45.6 Å². The molecular formula is C33H48N4O9S. The Balaban J connectivity index is 1.64. The summed E-state index contributed by atoms with van der Waals surface area (Å²) < 4.78 is 46.0. The number of sulfonamides is 1. The summed E-state index contributed by atoms with van der Waals surface area (Å²) in [5.41, 5.74) is 6.42. The number of nitrogens with one attached hydrogen (secondary N) is 1. The van der Waals surface area contributed by atoms with Crippen molar-refractivity contribution in [2.45, 2.75) is 75.8 Å². The highest BCUT2D eigenvalue weighted by Crippen LogP contribution is 2.36. The second-order valence-electron chi connectivity index (χ2n) is 12.9. The van der Waals surface area contributed by atoms with E-state index in [1.165, 1.54) is 21.3 Å². The molecule has 47 heavy (non-hydrogen) atoms. The topological polar surface area (TPSA) is 181 Å². The molecule has 5 atom stereocenters. The number of ether oxygens (including phenoxy) is 3. The molecule has 0 bridgehead atoms. The fraction of sp³-hybridized carbons (Fsp3) is 0.576. The van der Waals surface area contributed by atoms with Gasteiger partial charge in [-0.05, 0) is 61.8 Å². The third kappa shape index (κ3) is 9.57. The number of anilines is 1. The number of aliphatic hydroxyl groups excluding tert-OH is 1. The summed E-state index contributed by atoms with van der Waals surface area (Å²) in [5.74, 6) is -0.203. The van der Waals surface area contributed by atoms with Gasteiger partial charge in [-0.25, -0.2) is 18.0 Å². The summed E-state index contributed by atoms with van der Waals surface area (Å²) in [6.45, 7) is 6.32. The zero-order chi connectivity index (χ0) is 34.2. The van der Waals surface area contributed by atoms with Crippen LogP contribution in [0, 0.1) is 11.3 Å². The van der Waals surface area contributed by atoms with Crippen LogP contribution in [0.2, 0.25) is 0 Å². The molecule has 0 unspecified atom stereocenters. The standard InChI is InChI=1S/C33H48N4O9S/c1-4-44-31(39)35-16-9-15-33(2,3)22-36(47(42,43)25-13-8-12-24(34)19-25)20-29(38)27(18-23-10-6-5-7-11-23)37(32(40)41)28-21-46-30-26(28)14-17-45-30/h5-8,10-13,19,26-30,38H,4,9,14-18,20-22,34H2,1-3H3,(H,35,39)(H,40,41)/t26-,27-,28-,29+,30+/m0/s1. The van der Waals surface area contributed by atoms with Crippen molar-refractivity contribution in [3.05, 3.63) is 60.2 Å². The summed E-state index contributed by atoms with van der Waals surface area (Å²) in [6.07, 6.45) is -1.83. The van der Waals surface area contributed by atoms with Crippen molar-refractivity contribution in [2.24, 2.45) is 11.3 Å². The van der Waals surface area contributed by atoms with Gasteiger partial charge in [-0.15, -0.1) is 0 Å². The van der Waals surface area contributed by atoms with Crippen molar-refractivity contribution in [3.63, 3.8) is 0 Å². The highest BCUT2D eigenvalue weighted by molar-refractivity contribution is 7.89. The molecule has 5 N–H and O–H groups in total. The molecule has 2 fully saturated rings. The van der Waals surface area contributed by atoms with Crippen molar-refractivity contribution in [2.75, 3.05) is 45.2 Å². The van der Waals surface area contributed by atoms with Crippen LogP contribution >= 0.6 is 0 Å². The van der Waals surface area contributed by atoms with Gasteiger partial charge in [0.2, 0.25) is 10.0 Å². The van der Waals surface area contributed by atoms with E-state index in [1.54, 1.807) is 19.1 Å². The van der Waals surface area contributed by atoms with E-state index in [-0.39, 0.29) is 49.2 Å². The Morgan fingerprint density at radius 3 is 2.57 bits per heavy atom. The van der Waals surface area contributed by atoms with Crippen LogP contribution in [-0.4, -0.2) is 104 Å². The number of carbonyl (C=O) groups is 2. The zero-order valence-corrected chi connectivity index (χ0v) is 28.1. The molecule has 4 rings (SSSR count).